The van der Waals surface area contributed by atoms with Crippen LogP contribution >= 0.6 is 0 Å². The maximum Gasteiger partial charge on any atom is 0.411 e. The third kappa shape index (κ3) is 6.57. The van der Waals surface area contributed by atoms with Crippen LogP contribution in [0.2, 0.25) is 0 Å². The monoisotopic (exact) mass is 502 g/mol. The van der Waals surface area contributed by atoms with E-state index in [-0.39, 0.29) is 25.1 Å². The van der Waals surface area contributed by atoms with Gasteiger partial charge in [0.15, 0.2) is 0 Å². The maximum atomic E-state index is 13.2. The number of aliphatic hydroxyl groups excluding tert-OH is 1. The number of carboxylic acids is 1. The van der Waals surface area contributed by atoms with Gasteiger partial charge in [-0.1, -0.05) is 24.3 Å². The minimum Gasteiger partial charge on any atom is -0.478 e. The molecule has 9 heteroatoms. The summed E-state index contributed by atoms with van der Waals surface area (Å²) in [5, 5.41) is 20.0. The molecule has 0 spiro atoms. The van der Waals surface area contributed by atoms with Crippen molar-refractivity contribution in [3.8, 4) is 0 Å². The number of nitrogens with zero attached hydrogens (tertiary/aromatic N) is 2. The zero-order chi connectivity index (χ0) is 27.0. The largest absolute Gasteiger partial charge is 0.478 e. The lowest BCUT2D eigenvalue weighted by Gasteiger charge is -2.50. The van der Waals surface area contributed by atoms with Crippen molar-refractivity contribution < 1.29 is 34.1 Å². The van der Waals surface area contributed by atoms with Gasteiger partial charge in [0, 0.05) is 13.1 Å². The Morgan fingerprint density at radius 2 is 1.53 bits per heavy atom. The van der Waals surface area contributed by atoms with E-state index in [0.717, 1.165) is 11.1 Å². The first-order valence-electron chi connectivity index (χ1n) is 12.3. The Morgan fingerprint density at radius 3 is 2.03 bits per heavy atom. The number of carboxylic acid groups (broad SMARTS) is 1. The fourth-order valence-corrected chi connectivity index (χ4v) is 4.70. The van der Waals surface area contributed by atoms with Gasteiger partial charge in [-0.3, -0.25) is 4.90 Å². The van der Waals surface area contributed by atoms with Crippen LogP contribution in [-0.2, 0) is 20.7 Å². The molecule has 3 unspecified atom stereocenters. The fourth-order valence-electron chi connectivity index (χ4n) is 4.70. The number of carbonyl (C=O) groups is 3. The highest BCUT2D eigenvalue weighted by Crippen LogP contribution is 2.39. The van der Waals surface area contributed by atoms with Crippen LogP contribution < -0.4 is 0 Å². The Labute approximate surface area is 212 Å². The van der Waals surface area contributed by atoms with E-state index in [1.54, 1.807) is 48.5 Å². The van der Waals surface area contributed by atoms with Crippen molar-refractivity contribution in [3.05, 3.63) is 41.0 Å². The quantitative estimate of drug-likeness (QED) is 0.637. The van der Waals surface area contributed by atoms with E-state index in [9.17, 15) is 24.6 Å². The number of fused-ring (bicyclic) bond motifs is 2. The van der Waals surface area contributed by atoms with E-state index >= 15 is 0 Å². The van der Waals surface area contributed by atoms with Crippen LogP contribution in [0.1, 0.15) is 66.0 Å². The summed E-state index contributed by atoms with van der Waals surface area (Å²) in [5.74, 6) is -1.15. The number of aliphatic hydroxyl groups is 1. The van der Waals surface area contributed by atoms with Gasteiger partial charge in [-0.2, -0.15) is 0 Å². The SMILES string of the molecule is CC(O)Cc1ccc(C2=C(C(=O)O)C3CN(C(=O)OC(C)(C)C)CC(C2)N3C(=O)OC(C)(C)C)cc1. The number of piperazine rings is 1. The molecule has 0 aliphatic carbocycles. The van der Waals surface area contributed by atoms with Gasteiger partial charge in [0.05, 0.1) is 23.8 Å². The van der Waals surface area contributed by atoms with Gasteiger partial charge in [0.2, 0.25) is 0 Å². The third-order valence-corrected chi connectivity index (χ3v) is 5.97. The van der Waals surface area contributed by atoms with Crippen LogP contribution in [0.25, 0.3) is 5.57 Å². The predicted molar refractivity (Wildman–Crippen MR) is 134 cm³/mol. The van der Waals surface area contributed by atoms with E-state index in [1.807, 2.05) is 24.3 Å². The first kappa shape index (κ1) is 27.5. The number of amides is 2. The van der Waals surface area contributed by atoms with Crippen molar-refractivity contribution in [2.45, 2.75) is 90.7 Å². The Balaban J connectivity index is 2.04. The molecule has 2 aliphatic heterocycles. The molecule has 3 atom stereocenters. The highest BCUT2D eigenvalue weighted by atomic mass is 16.6. The van der Waals surface area contributed by atoms with Gasteiger partial charge < -0.3 is 24.6 Å². The molecular weight excluding hydrogens is 464 g/mol. The average Bonchev–Trinajstić information content (AvgIpc) is 2.69. The number of ether oxygens (including phenoxy) is 2. The van der Waals surface area contributed by atoms with Crippen molar-refractivity contribution in [1.29, 1.82) is 0 Å². The van der Waals surface area contributed by atoms with Crippen LogP contribution in [0.4, 0.5) is 9.59 Å². The Hall–Kier alpha value is -3.07. The van der Waals surface area contributed by atoms with Gasteiger partial charge in [0.1, 0.15) is 11.2 Å². The second-order valence-corrected chi connectivity index (χ2v) is 11.6. The Kier molecular flexibility index (Phi) is 7.74. The van der Waals surface area contributed by atoms with Crippen molar-refractivity contribution in [2.24, 2.45) is 0 Å². The molecule has 2 N–H and O–H groups in total. The second-order valence-electron chi connectivity index (χ2n) is 11.6. The van der Waals surface area contributed by atoms with Gasteiger partial charge >= 0.3 is 18.2 Å². The van der Waals surface area contributed by atoms with Crippen molar-refractivity contribution in [1.82, 2.24) is 9.80 Å². The molecule has 2 amide bonds. The molecule has 1 aromatic rings. The van der Waals surface area contributed by atoms with Crippen LogP contribution in [-0.4, -0.2) is 80.6 Å². The summed E-state index contributed by atoms with van der Waals surface area (Å²) in [6.45, 7) is 12.5. The second kappa shape index (κ2) is 10.1. The molecule has 9 nitrogen and oxygen atoms in total. The normalized spacial score (nSPS) is 21.2. The van der Waals surface area contributed by atoms with Crippen molar-refractivity contribution in [3.63, 3.8) is 0 Å². The number of rotatable bonds is 4. The zero-order valence-electron chi connectivity index (χ0n) is 22.2. The third-order valence-electron chi connectivity index (χ3n) is 5.97. The number of aliphatic carboxylic acids is 1. The molecule has 3 rings (SSSR count). The molecule has 0 aromatic heterocycles. The highest BCUT2D eigenvalue weighted by Gasteiger charge is 2.49. The molecular formula is C27H38N2O7. The van der Waals surface area contributed by atoms with E-state index < -0.39 is 47.5 Å². The predicted octanol–water partition coefficient (Wildman–Crippen LogP) is 4.08. The lowest BCUT2D eigenvalue weighted by atomic mass is 9.82. The Morgan fingerprint density at radius 1 is 0.972 bits per heavy atom. The first-order chi connectivity index (χ1) is 16.6. The summed E-state index contributed by atoms with van der Waals surface area (Å²) in [6.07, 6.45) is -0.900. The average molecular weight is 503 g/mol. The number of carbonyl (C=O) groups excluding carboxylic acids is 2. The summed E-state index contributed by atoms with van der Waals surface area (Å²) in [5.41, 5.74) is 0.903. The molecule has 2 bridgehead atoms. The molecule has 1 saturated heterocycles. The minimum atomic E-state index is -1.15. The number of benzene rings is 1. The molecule has 0 radical (unpaired) electrons. The molecule has 1 aromatic carbocycles. The first-order valence-corrected chi connectivity index (χ1v) is 12.3. The molecule has 0 saturated carbocycles. The van der Waals surface area contributed by atoms with Gasteiger partial charge in [-0.05, 0) is 78.0 Å². The van der Waals surface area contributed by atoms with E-state index in [4.69, 9.17) is 9.47 Å². The summed E-state index contributed by atoms with van der Waals surface area (Å²) >= 11 is 0. The molecule has 2 aliphatic rings. The highest BCUT2D eigenvalue weighted by molar-refractivity contribution is 5.99. The lowest BCUT2D eigenvalue weighted by molar-refractivity contribution is -0.134. The smallest absolute Gasteiger partial charge is 0.411 e. The number of hydrogen-bond donors (Lipinski definition) is 2. The van der Waals surface area contributed by atoms with Crippen LogP contribution in [0.3, 0.4) is 0 Å². The van der Waals surface area contributed by atoms with Crippen molar-refractivity contribution in [2.75, 3.05) is 13.1 Å². The molecule has 1 fully saturated rings. The maximum absolute atomic E-state index is 13.2. The zero-order valence-corrected chi connectivity index (χ0v) is 22.2. The molecule has 36 heavy (non-hydrogen) atoms. The number of hydrogen-bond acceptors (Lipinski definition) is 6. The van der Waals surface area contributed by atoms with Crippen LogP contribution in [0.5, 0.6) is 0 Å². The summed E-state index contributed by atoms with van der Waals surface area (Å²) in [4.78, 5) is 41.7. The summed E-state index contributed by atoms with van der Waals surface area (Å²) in [7, 11) is 0. The van der Waals surface area contributed by atoms with Gasteiger partial charge in [-0.25, -0.2) is 14.4 Å². The van der Waals surface area contributed by atoms with E-state index in [2.05, 4.69) is 0 Å². The van der Waals surface area contributed by atoms with Gasteiger partial charge in [-0.15, -0.1) is 0 Å². The topological polar surface area (TPSA) is 117 Å². The summed E-state index contributed by atoms with van der Waals surface area (Å²) < 4.78 is 11.2. The Bertz CT molecular complexity index is 1030. The molecule has 2 heterocycles. The van der Waals surface area contributed by atoms with Crippen molar-refractivity contribution >= 4 is 23.7 Å². The molecule has 198 valence electrons. The minimum absolute atomic E-state index is 0.0180. The standard InChI is InChI=1S/C27H38N2O7/c1-16(30)12-17-8-10-18(11-9-17)20-13-19-14-28(24(33)35-26(2,3)4)15-21(22(20)23(31)32)29(19)25(34)36-27(5,6)7/h8-11,16,19,21,30H,12-15H2,1-7H3,(H,31,32). The van der Waals surface area contributed by atoms with Crippen LogP contribution in [0, 0.1) is 0 Å². The lowest BCUT2D eigenvalue weighted by Crippen LogP contribution is -2.65. The fraction of sp³-hybridized carbons (Fsp3) is 0.593. The van der Waals surface area contributed by atoms with E-state index in [0.29, 0.717) is 12.0 Å². The van der Waals surface area contributed by atoms with Gasteiger partial charge in [0.25, 0.3) is 0 Å². The van der Waals surface area contributed by atoms with E-state index in [1.165, 1.54) is 9.80 Å². The summed E-state index contributed by atoms with van der Waals surface area (Å²) in [6, 6.07) is 6.06. The van der Waals surface area contributed by atoms with Crippen LogP contribution in [0.15, 0.2) is 29.8 Å².